The van der Waals surface area contributed by atoms with E-state index in [1.807, 2.05) is 30.3 Å². The Hall–Kier alpha value is -1.85. The van der Waals surface area contributed by atoms with Crippen molar-refractivity contribution >= 4 is 19.4 Å². The van der Waals surface area contributed by atoms with E-state index in [1.165, 1.54) is 19.1 Å². The Bertz CT molecular complexity index is 562. The minimum atomic E-state index is -3.48. The van der Waals surface area contributed by atoms with Crippen LogP contribution in [0.25, 0.3) is 0 Å². The fraction of sp³-hybridized carbons (Fsp3) is 0.467. The fourth-order valence-corrected chi connectivity index (χ4v) is 3.07. The van der Waals surface area contributed by atoms with E-state index < -0.39 is 19.4 Å². The number of hydrogen-bond donors (Lipinski definition) is 1. The molecule has 1 rings (SSSR count). The quantitative estimate of drug-likeness (QED) is 0.574. The third-order valence-corrected chi connectivity index (χ3v) is 5.02. The molecule has 23 heavy (non-hydrogen) atoms. The van der Waals surface area contributed by atoms with E-state index in [1.54, 1.807) is 0 Å². The molecule has 0 radical (unpaired) electrons. The number of esters is 1. The van der Waals surface area contributed by atoms with Crippen molar-refractivity contribution < 1.29 is 28.5 Å². The van der Waals surface area contributed by atoms with Gasteiger partial charge in [0.05, 0.1) is 13.5 Å². The van der Waals surface area contributed by atoms with Crippen LogP contribution in [0, 0.1) is 0 Å². The molecule has 0 aliphatic rings. The van der Waals surface area contributed by atoms with Gasteiger partial charge in [0.2, 0.25) is 7.37 Å². The third-order valence-electron chi connectivity index (χ3n) is 3.19. The van der Waals surface area contributed by atoms with Gasteiger partial charge in [-0.05, 0) is 5.56 Å². The van der Waals surface area contributed by atoms with Gasteiger partial charge >= 0.3 is 12.1 Å². The molecular formula is C15H22NO6P. The van der Waals surface area contributed by atoms with E-state index in [9.17, 15) is 19.0 Å². The van der Waals surface area contributed by atoms with Crippen molar-refractivity contribution in [3.63, 3.8) is 0 Å². The normalized spacial score (nSPS) is 13.0. The van der Waals surface area contributed by atoms with Crippen LogP contribution in [-0.4, -0.2) is 54.9 Å². The minimum Gasteiger partial charge on any atom is -0.469 e. The highest BCUT2D eigenvalue weighted by molar-refractivity contribution is 7.58. The standard InChI is InChI=1S/C15H22NO6P/c1-16(9-11-23(19,20)10-8-14(17)21-2)15(18)22-12-13-6-4-3-5-7-13/h3-7H,8-12H2,1-2H3,(H,19,20). The van der Waals surface area contributed by atoms with Crippen LogP contribution in [0.2, 0.25) is 0 Å². The van der Waals surface area contributed by atoms with E-state index in [2.05, 4.69) is 4.74 Å². The lowest BCUT2D eigenvalue weighted by Crippen LogP contribution is -2.30. The average Bonchev–Trinajstić information content (AvgIpc) is 2.56. The Labute approximate surface area is 135 Å². The van der Waals surface area contributed by atoms with Gasteiger partial charge in [-0.25, -0.2) is 4.79 Å². The third kappa shape index (κ3) is 7.81. The Balaban J connectivity index is 2.34. The molecule has 0 aliphatic heterocycles. The first-order valence-corrected chi connectivity index (χ1v) is 9.16. The molecule has 0 aromatic heterocycles. The lowest BCUT2D eigenvalue weighted by molar-refractivity contribution is -0.140. The van der Waals surface area contributed by atoms with E-state index >= 15 is 0 Å². The van der Waals surface area contributed by atoms with Gasteiger partial charge < -0.3 is 19.3 Å². The van der Waals surface area contributed by atoms with E-state index in [0.717, 1.165) is 5.56 Å². The first kappa shape index (κ1) is 19.2. The van der Waals surface area contributed by atoms with Crippen LogP contribution in [0.5, 0.6) is 0 Å². The maximum Gasteiger partial charge on any atom is 0.409 e. The van der Waals surface area contributed by atoms with Crippen LogP contribution in [0.1, 0.15) is 12.0 Å². The smallest absolute Gasteiger partial charge is 0.409 e. The summed E-state index contributed by atoms with van der Waals surface area (Å²) in [4.78, 5) is 33.8. The molecule has 1 amide bonds. The summed E-state index contributed by atoms with van der Waals surface area (Å²) in [5.41, 5.74) is 0.861. The molecule has 8 heteroatoms. The Morgan fingerprint density at radius 3 is 2.48 bits per heavy atom. The molecule has 0 saturated heterocycles. The first-order valence-electron chi connectivity index (χ1n) is 7.13. The van der Waals surface area contributed by atoms with Crippen molar-refractivity contribution in [1.29, 1.82) is 0 Å². The summed E-state index contributed by atoms with van der Waals surface area (Å²) in [5, 5.41) is 0. The van der Waals surface area contributed by atoms with Crippen molar-refractivity contribution in [2.24, 2.45) is 0 Å². The van der Waals surface area contributed by atoms with Crippen LogP contribution in [0.4, 0.5) is 4.79 Å². The summed E-state index contributed by atoms with van der Waals surface area (Å²) in [6, 6.07) is 9.22. The fourth-order valence-electron chi connectivity index (χ4n) is 1.71. The Morgan fingerprint density at radius 1 is 1.22 bits per heavy atom. The van der Waals surface area contributed by atoms with Gasteiger partial charge in [0.1, 0.15) is 6.61 Å². The summed E-state index contributed by atoms with van der Waals surface area (Å²) in [5.74, 6) is -0.532. The number of amides is 1. The van der Waals surface area contributed by atoms with Gasteiger partial charge in [-0.15, -0.1) is 0 Å². The Morgan fingerprint density at radius 2 is 1.87 bits per heavy atom. The SMILES string of the molecule is COC(=O)CCP(=O)(O)CCN(C)C(=O)OCc1ccccc1. The van der Waals surface area contributed by atoms with Crippen molar-refractivity contribution in [1.82, 2.24) is 4.90 Å². The summed E-state index contributed by atoms with van der Waals surface area (Å²) < 4.78 is 21.4. The van der Waals surface area contributed by atoms with Gasteiger partial charge in [0, 0.05) is 25.9 Å². The monoisotopic (exact) mass is 343 g/mol. The second-order valence-corrected chi connectivity index (χ2v) is 7.67. The molecule has 0 heterocycles. The van der Waals surface area contributed by atoms with E-state index in [-0.39, 0.29) is 31.9 Å². The molecule has 0 bridgehead atoms. The second-order valence-electron chi connectivity index (χ2n) is 5.08. The molecule has 1 atom stereocenters. The molecular weight excluding hydrogens is 321 g/mol. The largest absolute Gasteiger partial charge is 0.469 e. The van der Waals surface area contributed by atoms with Crippen LogP contribution in [-0.2, 0) is 25.4 Å². The lowest BCUT2D eigenvalue weighted by atomic mass is 10.2. The van der Waals surface area contributed by atoms with E-state index in [4.69, 9.17) is 4.74 Å². The highest BCUT2D eigenvalue weighted by Crippen LogP contribution is 2.40. The molecule has 0 aliphatic carbocycles. The van der Waals surface area contributed by atoms with Crippen molar-refractivity contribution in [3.8, 4) is 0 Å². The predicted octanol–water partition coefficient (Wildman–Crippen LogP) is 2.09. The summed E-state index contributed by atoms with van der Waals surface area (Å²) in [6.45, 7) is 0.214. The number of nitrogens with zero attached hydrogens (tertiary/aromatic N) is 1. The molecule has 0 fully saturated rings. The maximum absolute atomic E-state index is 11.9. The van der Waals surface area contributed by atoms with Crippen LogP contribution in [0.3, 0.4) is 0 Å². The molecule has 0 spiro atoms. The van der Waals surface area contributed by atoms with Crippen LogP contribution >= 0.6 is 7.37 Å². The van der Waals surface area contributed by atoms with Crippen molar-refractivity contribution in [3.05, 3.63) is 35.9 Å². The number of ether oxygens (including phenoxy) is 2. The molecule has 1 unspecified atom stereocenters. The van der Waals surface area contributed by atoms with Gasteiger partial charge in [0.25, 0.3) is 0 Å². The number of hydrogen-bond acceptors (Lipinski definition) is 5. The summed E-state index contributed by atoms with van der Waals surface area (Å²) in [6.07, 6.45) is -0.943. The van der Waals surface area contributed by atoms with Gasteiger partial charge in [-0.3, -0.25) is 9.36 Å². The van der Waals surface area contributed by atoms with E-state index in [0.29, 0.717) is 0 Å². The molecule has 7 nitrogen and oxygen atoms in total. The van der Waals surface area contributed by atoms with Gasteiger partial charge in [-0.1, -0.05) is 30.3 Å². The predicted molar refractivity (Wildman–Crippen MR) is 85.4 cm³/mol. The summed E-state index contributed by atoms with van der Waals surface area (Å²) >= 11 is 0. The number of rotatable bonds is 8. The minimum absolute atomic E-state index is 0.0720. The topological polar surface area (TPSA) is 93.1 Å². The van der Waals surface area contributed by atoms with Crippen molar-refractivity contribution in [2.45, 2.75) is 13.0 Å². The van der Waals surface area contributed by atoms with Gasteiger partial charge in [-0.2, -0.15) is 0 Å². The maximum atomic E-state index is 11.9. The number of benzene rings is 1. The first-order chi connectivity index (χ1) is 10.8. The average molecular weight is 343 g/mol. The van der Waals surface area contributed by atoms with Gasteiger partial charge in [0.15, 0.2) is 0 Å². The lowest BCUT2D eigenvalue weighted by Gasteiger charge is -2.19. The zero-order valence-corrected chi connectivity index (χ0v) is 14.2. The molecule has 1 N–H and O–H groups in total. The van der Waals surface area contributed by atoms with Crippen LogP contribution in [0.15, 0.2) is 30.3 Å². The highest BCUT2D eigenvalue weighted by atomic mass is 31.2. The zero-order valence-electron chi connectivity index (χ0n) is 13.3. The second kappa shape index (κ2) is 9.33. The highest BCUT2D eigenvalue weighted by Gasteiger charge is 2.22. The van der Waals surface area contributed by atoms with Crippen molar-refractivity contribution in [2.75, 3.05) is 33.0 Å². The number of carbonyl (C=O) groups excluding carboxylic acids is 2. The molecule has 1 aromatic rings. The zero-order chi connectivity index (χ0) is 17.3. The number of carbonyl (C=O) groups is 2. The summed E-state index contributed by atoms with van der Waals surface area (Å²) in [7, 11) is -0.763. The molecule has 1 aromatic carbocycles. The molecule has 0 saturated carbocycles. The molecule has 128 valence electrons. The Kier molecular flexibility index (Phi) is 7.78. The number of methoxy groups -OCH3 is 1. The van der Waals surface area contributed by atoms with Crippen LogP contribution < -0.4 is 0 Å².